The van der Waals surface area contributed by atoms with Crippen LogP contribution in [-0.2, 0) is 28.6 Å². The first-order chi connectivity index (χ1) is 40.5. The molecule has 0 spiro atoms. The maximum Gasteiger partial charge on any atom is 0.306 e. The molecule has 0 heterocycles. The molecule has 0 bridgehead atoms. The summed E-state index contributed by atoms with van der Waals surface area (Å²) >= 11 is 0. The van der Waals surface area contributed by atoms with Gasteiger partial charge in [0, 0.05) is 19.3 Å². The highest BCUT2D eigenvalue weighted by atomic mass is 16.6. The Morgan fingerprint density at radius 1 is 0.256 bits per heavy atom. The fourth-order valence-electron chi connectivity index (χ4n) is 8.82. The molecule has 0 aromatic heterocycles. The first kappa shape index (κ1) is 77.0. The summed E-state index contributed by atoms with van der Waals surface area (Å²) in [6.07, 6.45) is 99.8. The topological polar surface area (TPSA) is 78.9 Å². The Kier molecular flexibility index (Phi) is 64.4. The highest BCUT2D eigenvalue weighted by Gasteiger charge is 2.19. The van der Waals surface area contributed by atoms with Gasteiger partial charge in [-0.1, -0.05) is 288 Å². The molecule has 0 rings (SSSR count). The molecule has 0 radical (unpaired) electrons. The van der Waals surface area contributed by atoms with Crippen LogP contribution in [0.2, 0.25) is 0 Å². The summed E-state index contributed by atoms with van der Waals surface area (Å²) in [5.41, 5.74) is 0. The van der Waals surface area contributed by atoms with Crippen LogP contribution in [0.5, 0.6) is 0 Å². The van der Waals surface area contributed by atoms with Gasteiger partial charge >= 0.3 is 17.9 Å². The SMILES string of the molecule is CC/C=C\C/C=C\C/C=C\C/C=C\C/C=C\C/C=C\CCC(=O)OC(COC(=O)CCCCCCCCC/C=C\C/C=C\CCCCCC)COC(=O)CCCCCCCCCCCCC/C=C\C/C=C\C/C=C\C/C=C\C/C=C\CC. The van der Waals surface area contributed by atoms with Crippen LogP contribution in [0.4, 0.5) is 0 Å². The molecule has 0 aromatic rings. The molecule has 0 saturated carbocycles. The average molecular weight is 1130 g/mol. The highest BCUT2D eigenvalue weighted by molar-refractivity contribution is 5.71. The predicted molar refractivity (Wildman–Crippen MR) is 357 cm³/mol. The molecule has 6 nitrogen and oxygen atoms in total. The van der Waals surface area contributed by atoms with Crippen LogP contribution in [0.15, 0.2) is 158 Å². The normalized spacial score (nSPS) is 13.2. The summed E-state index contributed by atoms with van der Waals surface area (Å²) in [6, 6.07) is 0. The molecule has 1 atom stereocenters. The smallest absolute Gasteiger partial charge is 0.306 e. The molecule has 0 saturated heterocycles. The number of rotatable bonds is 59. The molecular weight excluding hydrogens is 1010 g/mol. The van der Waals surface area contributed by atoms with Gasteiger partial charge in [-0.15, -0.1) is 0 Å². The number of allylic oxidation sites excluding steroid dienone is 26. The standard InChI is InChI=1S/C76H122O6/c1-4-7-10-13-16-19-22-25-28-31-34-35-36-37-38-39-40-41-43-45-48-51-54-57-60-63-66-69-75(78)81-72-73(71-80-74(77)68-65-62-59-56-53-50-47-44-33-30-27-24-21-18-15-12-9-6-3)82-76(79)70-67-64-61-58-55-52-49-46-42-32-29-26-23-20-17-14-11-8-5-2/h7-8,10-11,16-17,19-21,24-26,28-30,33-35,37-38,42,46,52,55,61,64,73H,4-6,9,12-15,18,22-23,27,31-32,36,39-41,43-45,47-51,53-54,56-60,62-63,65-72H2,1-3H3/b10-7-,11-8-,19-16-,20-17-,24-21-,28-25-,29-26-,33-30-,35-34-,38-37-,46-42-,55-52-,64-61-. The monoisotopic (exact) mass is 1130 g/mol. The number of unbranched alkanes of at least 4 members (excludes halogenated alkanes) is 22. The van der Waals surface area contributed by atoms with E-state index < -0.39 is 12.1 Å². The van der Waals surface area contributed by atoms with Gasteiger partial charge in [-0.05, 0) is 135 Å². The van der Waals surface area contributed by atoms with Crippen LogP contribution < -0.4 is 0 Å². The zero-order valence-electron chi connectivity index (χ0n) is 52.9. The van der Waals surface area contributed by atoms with Crippen molar-refractivity contribution in [1.82, 2.24) is 0 Å². The molecule has 0 aliphatic carbocycles. The number of carbonyl (C=O) groups excluding carboxylic acids is 3. The lowest BCUT2D eigenvalue weighted by molar-refractivity contribution is -0.166. The van der Waals surface area contributed by atoms with Gasteiger partial charge in [-0.25, -0.2) is 0 Å². The van der Waals surface area contributed by atoms with Gasteiger partial charge in [0.1, 0.15) is 13.2 Å². The van der Waals surface area contributed by atoms with Gasteiger partial charge in [0.2, 0.25) is 0 Å². The first-order valence-corrected chi connectivity index (χ1v) is 33.5. The van der Waals surface area contributed by atoms with E-state index in [1.807, 2.05) is 6.08 Å². The summed E-state index contributed by atoms with van der Waals surface area (Å²) in [7, 11) is 0. The third-order valence-corrected chi connectivity index (χ3v) is 13.8. The van der Waals surface area contributed by atoms with Crippen molar-refractivity contribution in [1.29, 1.82) is 0 Å². The molecule has 82 heavy (non-hydrogen) atoms. The Bertz CT molecular complexity index is 1830. The lowest BCUT2D eigenvalue weighted by Gasteiger charge is -2.18. The zero-order valence-corrected chi connectivity index (χ0v) is 52.9. The summed E-state index contributed by atoms with van der Waals surface area (Å²) in [5, 5.41) is 0. The summed E-state index contributed by atoms with van der Waals surface area (Å²) in [4.78, 5) is 38.4. The van der Waals surface area contributed by atoms with Crippen molar-refractivity contribution in [3.63, 3.8) is 0 Å². The second kappa shape index (κ2) is 68.5. The van der Waals surface area contributed by atoms with E-state index in [4.69, 9.17) is 14.2 Å². The molecule has 0 amide bonds. The van der Waals surface area contributed by atoms with E-state index >= 15 is 0 Å². The van der Waals surface area contributed by atoms with Crippen LogP contribution in [-0.4, -0.2) is 37.2 Å². The van der Waals surface area contributed by atoms with Crippen molar-refractivity contribution in [3.8, 4) is 0 Å². The van der Waals surface area contributed by atoms with E-state index in [9.17, 15) is 14.4 Å². The highest BCUT2D eigenvalue weighted by Crippen LogP contribution is 2.15. The average Bonchev–Trinajstić information content (AvgIpc) is 3.47. The molecular formula is C76H122O6. The fraction of sp³-hybridized carbons (Fsp3) is 0.618. The molecule has 0 aromatic carbocycles. The Balaban J connectivity index is 4.47. The molecule has 1 unspecified atom stereocenters. The van der Waals surface area contributed by atoms with Crippen molar-refractivity contribution in [3.05, 3.63) is 158 Å². The minimum Gasteiger partial charge on any atom is -0.462 e. The van der Waals surface area contributed by atoms with Crippen molar-refractivity contribution in [2.75, 3.05) is 13.2 Å². The third-order valence-electron chi connectivity index (χ3n) is 13.8. The number of hydrogen-bond acceptors (Lipinski definition) is 6. The van der Waals surface area contributed by atoms with Crippen molar-refractivity contribution in [2.24, 2.45) is 0 Å². The fourth-order valence-corrected chi connectivity index (χ4v) is 8.82. The van der Waals surface area contributed by atoms with Gasteiger partial charge < -0.3 is 14.2 Å². The van der Waals surface area contributed by atoms with E-state index in [1.165, 1.54) is 116 Å². The summed E-state index contributed by atoms with van der Waals surface area (Å²) in [5.74, 6) is -1.01. The van der Waals surface area contributed by atoms with Crippen LogP contribution in [0.3, 0.4) is 0 Å². The van der Waals surface area contributed by atoms with Crippen LogP contribution >= 0.6 is 0 Å². The maximum absolute atomic E-state index is 12.9. The molecule has 462 valence electrons. The molecule has 0 aliphatic heterocycles. The van der Waals surface area contributed by atoms with Gasteiger partial charge in [0.05, 0.1) is 0 Å². The zero-order chi connectivity index (χ0) is 59.2. The molecule has 6 heteroatoms. The predicted octanol–water partition coefficient (Wildman–Crippen LogP) is 23.3. The summed E-state index contributed by atoms with van der Waals surface area (Å²) in [6.45, 7) is 6.33. The van der Waals surface area contributed by atoms with Gasteiger partial charge in [0.25, 0.3) is 0 Å². The molecule has 0 N–H and O–H groups in total. The molecule has 0 aliphatic rings. The van der Waals surface area contributed by atoms with E-state index in [2.05, 4.69) is 173 Å². The Morgan fingerprint density at radius 3 is 0.793 bits per heavy atom. The third kappa shape index (κ3) is 65.8. The van der Waals surface area contributed by atoms with Crippen LogP contribution in [0, 0.1) is 0 Å². The largest absolute Gasteiger partial charge is 0.462 e. The Morgan fingerprint density at radius 2 is 0.500 bits per heavy atom. The van der Waals surface area contributed by atoms with Crippen molar-refractivity contribution < 1.29 is 28.6 Å². The van der Waals surface area contributed by atoms with E-state index in [1.54, 1.807) is 0 Å². The Hall–Kier alpha value is -4.97. The first-order valence-electron chi connectivity index (χ1n) is 33.5. The quantitative estimate of drug-likeness (QED) is 0.0261. The number of ether oxygens (including phenoxy) is 3. The van der Waals surface area contributed by atoms with Crippen LogP contribution in [0.25, 0.3) is 0 Å². The lowest BCUT2D eigenvalue weighted by atomic mass is 10.0. The van der Waals surface area contributed by atoms with E-state index in [0.717, 1.165) is 122 Å². The van der Waals surface area contributed by atoms with Gasteiger partial charge in [-0.3, -0.25) is 14.4 Å². The van der Waals surface area contributed by atoms with E-state index in [-0.39, 0.29) is 31.6 Å². The second-order valence-electron chi connectivity index (χ2n) is 21.6. The number of hydrogen-bond donors (Lipinski definition) is 0. The van der Waals surface area contributed by atoms with Crippen molar-refractivity contribution >= 4 is 17.9 Å². The van der Waals surface area contributed by atoms with Crippen molar-refractivity contribution in [2.45, 2.75) is 290 Å². The Labute approximate surface area is 505 Å². The minimum atomic E-state index is -0.832. The second-order valence-corrected chi connectivity index (χ2v) is 21.6. The lowest BCUT2D eigenvalue weighted by Crippen LogP contribution is -2.30. The summed E-state index contributed by atoms with van der Waals surface area (Å²) < 4.78 is 16.9. The maximum atomic E-state index is 12.9. The number of carbonyl (C=O) groups is 3. The number of esters is 3. The van der Waals surface area contributed by atoms with Gasteiger partial charge in [-0.2, -0.15) is 0 Å². The van der Waals surface area contributed by atoms with Crippen LogP contribution in [0.1, 0.15) is 284 Å². The van der Waals surface area contributed by atoms with E-state index in [0.29, 0.717) is 19.3 Å². The minimum absolute atomic E-state index is 0.118. The van der Waals surface area contributed by atoms with Gasteiger partial charge in [0.15, 0.2) is 6.10 Å². The molecule has 0 fully saturated rings.